The Kier molecular flexibility index (Phi) is 18.0. The van der Waals surface area contributed by atoms with Crippen LogP contribution in [0.3, 0.4) is 0 Å². The van der Waals surface area contributed by atoms with Crippen LogP contribution < -0.4 is 36.1 Å². The second kappa shape index (κ2) is 26.8. The van der Waals surface area contributed by atoms with Gasteiger partial charge in [-0.05, 0) is 184 Å². The van der Waals surface area contributed by atoms with Crippen molar-refractivity contribution in [2.45, 2.75) is 102 Å². The zero-order valence-electron chi connectivity index (χ0n) is 52.0. The molecule has 4 amide bonds. The predicted octanol–water partition coefficient (Wildman–Crippen LogP) is 12.5. The van der Waals surface area contributed by atoms with Gasteiger partial charge in [-0.1, -0.05) is 78.9 Å². The number of hydrogen-bond donors (Lipinski definition) is 4. The molecule has 91 heavy (non-hydrogen) atoms. The first-order valence-corrected chi connectivity index (χ1v) is 32.8. The summed E-state index contributed by atoms with van der Waals surface area (Å²) in [6.45, 7) is 14.1. The van der Waals surface area contributed by atoms with E-state index in [1.54, 1.807) is 18.2 Å². The number of thiophene rings is 1. The lowest BCUT2D eigenvalue weighted by Crippen LogP contribution is -2.56. The summed E-state index contributed by atoms with van der Waals surface area (Å²) in [4.78, 5) is 68.7. The fourth-order valence-electron chi connectivity index (χ4n) is 13.6. The lowest BCUT2D eigenvalue weighted by molar-refractivity contribution is 0.0123. The molecule has 5 aliphatic rings. The molecule has 0 unspecified atom stereocenters. The van der Waals surface area contributed by atoms with Gasteiger partial charge >= 0.3 is 12.2 Å². The molecule has 3 saturated heterocycles. The number of piperazine rings is 2. The average Bonchev–Trinajstić information content (AvgIpc) is 1.68. The smallest absolute Gasteiger partial charge is 0.410 e. The molecule has 17 nitrogen and oxygen atoms in total. The van der Waals surface area contributed by atoms with Crippen LogP contribution in [-0.2, 0) is 35.3 Å². The highest BCUT2D eigenvalue weighted by Gasteiger charge is 2.44. The molecule has 0 saturated carbocycles. The maximum absolute atomic E-state index is 13.8. The van der Waals surface area contributed by atoms with Gasteiger partial charge in [0.2, 0.25) is 0 Å². The molecular weight excluding hydrogens is 1160 g/mol. The quantitative estimate of drug-likeness (QED) is 0.0598. The predicted molar refractivity (Wildman–Crippen MR) is 357 cm³/mol. The van der Waals surface area contributed by atoms with Gasteiger partial charge in [-0.2, -0.15) is 0 Å². The maximum atomic E-state index is 13.8. The SMILES string of the molecule is CC(C)(C)OC(=O)N1[C@@H]2CC[C@H]1CN(c1ccc3c(c1)CC[C@H](NC(=O)c1sc4nc(CCCN5CCN(CCOc6ccc(Oc7ccccc7NC(=O)c7ccc(CNC(=O)OCC8c9ccccc9-c9ccccc98)cc7)cc6)CC5)ccc4c1N)C3)C2. The van der Waals surface area contributed by atoms with E-state index in [0.717, 1.165) is 136 Å². The number of hydrogen-bond acceptors (Lipinski definition) is 14. The van der Waals surface area contributed by atoms with E-state index in [-0.39, 0.29) is 55.1 Å². The standard InChI is InChI=1S/C73H79N9O8S/c1-73(2,3)90-72(86)82-54-27-28-55(82)45-81(44-54)53-26-23-49-41-52(24-22-50(49)42-53)76-69(84)67-66(74)62-33-25-51(77-70(62)91-67)11-10-34-79-35-37-80(38-36-79)39-40-87-56-29-31-57(32-30-56)89-65-17-9-8-16-64(65)78-68(83)48-20-18-47(19-21-48)43-75-71(85)88-46-63-60-14-6-4-12-58(60)59-13-5-7-15-61(59)63/h4-9,12-21,23,25-26,29-33,42,52,54-55,63H,10-11,22,24,27-28,34-41,43-46,74H2,1-3H3,(H,75,85)(H,76,84)(H,78,83)/t52-,54-,55+/m0/s1. The topological polar surface area (TPSA) is 193 Å². The van der Waals surface area contributed by atoms with Gasteiger partial charge in [0.25, 0.3) is 11.8 Å². The highest BCUT2D eigenvalue weighted by Crippen LogP contribution is 2.45. The summed E-state index contributed by atoms with van der Waals surface area (Å²) in [6.07, 6.45) is 5.63. The number of rotatable bonds is 19. The summed E-state index contributed by atoms with van der Waals surface area (Å²) in [5, 5.41) is 9.97. The molecule has 13 rings (SSSR count). The van der Waals surface area contributed by atoms with Crippen molar-refractivity contribution < 1.29 is 38.1 Å². The van der Waals surface area contributed by atoms with Gasteiger partial charge in [-0.15, -0.1) is 11.3 Å². The number of ether oxygens (including phenoxy) is 4. The van der Waals surface area contributed by atoms with E-state index in [2.05, 4.69) is 73.1 Å². The number of aromatic nitrogens is 1. The van der Waals surface area contributed by atoms with Gasteiger partial charge < -0.3 is 50.4 Å². The van der Waals surface area contributed by atoms with E-state index < -0.39 is 11.7 Å². The van der Waals surface area contributed by atoms with Gasteiger partial charge in [0.1, 0.15) is 40.0 Å². The molecule has 470 valence electrons. The minimum Gasteiger partial charge on any atom is -0.492 e. The van der Waals surface area contributed by atoms with Gasteiger partial charge in [0, 0.05) is 86.6 Å². The van der Waals surface area contributed by atoms with Crippen molar-refractivity contribution in [3.8, 4) is 28.4 Å². The van der Waals surface area contributed by atoms with Gasteiger partial charge in [0.05, 0.1) is 23.5 Å². The van der Waals surface area contributed by atoms with E-state index in [0.29, 0.717) is 39.9 Å². The Bertz CT molecular complexity index is 3900. The largest absolute Gasteiger partial charge is 0.492 e. The number of benzene rings is 6. The number of nitrogens with one attached hydrogen (secondary N) is 3. The Labute approximate surface area is 535 Å². The Morgan fingerprint density at radius 2 is 1.40 bits per heavy atom. The lowest BCUT2D eigenvalue weighted by atomic mass is 9.87. The number of aryl methyl sites for hydroxylation is 2. The van der Waals surface area contributed by atoms with Crippen LogP contribution in [0.25, 0.3) is 21.3 Å². The normalized spacial score (nSPS) is 18.0. The van der Waals surface area contributed by atoms with E-state index >= 15 is 0 Å². The number of nitrogens with two attached hydrogens (primary N) is 1. The third-order valence-corrected chi connectivity index (χ3v) is 19.4. The van der Waals surface area contributed by atoms with Crippen LogP contribution in [0, 0.1) is 0 Å². The Hall–Kier alpha value is -8.97. The van der Waals surface area contributed by atoms with Crippen molar-refractivity contribution in [2.24, 2.45) is 0 Å². The minimum absolute atomic E-state index is 0.0139. The Morgan fingerprint density at radius 1 is 0.714 bits per heavy atom. The fraction of sp³-hybridized carbons (Fsp3) is 0.356. The van der Waals surface area contributed by atoms with E-state index in [4.69, 9.17) is 29.7 Å². The molecule has 8 aromatic rings. The van der Waals surface area contributed by atoms with Crippen LogP contribution in [-0.4, -0.2) is 133 Å². The first-order valence-electron chi connectivity index (χ1n) is 32.0. The molecule has 5 N–H and O–H groups in total. The maximum Gasteiger partial charge on any atom is 0.410 e. The number of carbonyl (C=O) groups excluding carboxylic acids is 4. The first-order chi connectivity index (χ1) is 44.2. The van der Waals surface area contributed by atoms with Crippen molar-refractivity contribution >= 4 is 62.6 Å². The summed E-state index contributed by atoms with van der Waals surface area (Å²) in [6, 6.07) is 49.5. The Morgan fingerprint density at radius 3 is 2.12 bits per heavy atom. The molecule has 0 spiro atoms. The van der Waals surface area contributed by atoms with Crippen LogP contribution >= 0.6 is 11.3 Å². The number of alkyl carbamates (subject to hydrolysis) is 1. The summed E-state index contributed by atoms with van der Waals surface area (Å²) >= 11 is 1.38. The van der Waals surface area contributed by atoms with Crippen molar-refractivity contribution in [1.29, 1.82) is 0 Å². The highest BCUT2D eigenvalue weighted by atomic mass is 32.1. The van der Waals surface area contributed by atoms with E-state index in [1.165, 1.54) is 39.3 Å². The van der Waals surface area contributed by atoms with Crippen molar-refractivity contribution in [3.05, 3.63) is 196 Å². The summed E-state index contributed by atoms with van der Waals surface area (Å²) in [5.74, 6) is 1.41. The van der Waals surface area contributed by atoms with Crippen LogP contribution in [0.4, 0.5) is 26.7 Å². The third-order valence-electron chi connectivity index (χ3n) is 18.3. The summed E-state index contributed by atoms with van der Waals surface area (Å²) in [7, 11) is 0. The first kappa shape index (κ1) is 60.9. The van der Waals surface area contributed by atoms with Crippen LogP contribution in [0.1, 0.15) is 106 Å². The number of anilines is 3. The Balaban J connectivity index is 0.503. The third kappa shape index (κ3) is 14.2. The molecule has 3 fully saturated rings. The number of carbonyl (C=O) groups is 4. The van der Waals surface area contributed by atoms with E-state index in [1.807, 2.05) is 117 Å². The molecule has 3 atom stereocenters. The number of amides is 4. The highest BCUT2D eigenvalue weighted by molar-refractivity contribution is 7.21. The number of pyridine rings is 1. The fourth-order valence-corrected chi connectivity index (χ4v) is 14.6. The van der Waals surface area contributed by atoms with Crippen molar-refractivity contribution in [2.75, 3.05) is 81.5 Å². The molecule has 2 aliphatic carbocycles. The van der Waals surface area contributed by atoms with Crippen molar-refractivity contribution in [1.82, 2.24) is 30.3 Å². The van der Waals surface area contributed by atoms with Crippen LogP contribution in [0.2, 0.25) is 0 Å². The average molecular weight is 1240 g/mol. The molecule has 18 heteroatoms. The van der Waals surface area contributed by atoms with Gasteiger partial charge in [-0.25, -0.2) is 14.6 Å². The van der Waals surface area contributed by atoms with Gasteiger partial charge in [0.15, 0.2) is 5.75 Å². The van der Waals surface area contributed by atoms with Crippen LogP contribution in [0.15, 0.2) is 152 Å². The van der Waals surface area contributed by atoms with Crippen molar-refractivity contribution in [3.63, 3.8) is 0 Å². The summed E-state index contributed by atoms with van der Waals surface area (Å²) < 4.78 is 23.9. The second-order valence-electron chi connectivity index (χ2n) is 25.6. The zero-order chi connectivity index (χ0) is 62.6. The lowest BCUT2D eigenvalue weighted by Gasteiger charge is -2.42. The molecular formula is C73H79N9O8S. The molecule has 2 aromatic heterocycles. The zero-order valence-corrected chi connectivity index (χ0v) is 52.8. The van der Waals surface area contributed by atoms with Gasteiger partial charge in [-0.3, -0.25) is 19.4 Å². The molecule has 3 aliphatic heterocycles. The second-order valence-corrected chi connectivity index (χ2v) is 26.6. The summed E-state index contributed by atoms with van der Waals surface area (Å²) in [5.41, 5.74) is 17.9. The molecule has 5 heterocycles. The molecule has 6 aromatic carbocycles. The minimum atomic E-state index is -0.511. The number of fused-ring (bicyclic) bond motifs is 7. The number of para-hydroxylation sites is 2. The number of nitrogens with zero attached hydrogens (tertiary/aromatic N) is 5. The van der Waals surface area contributed by atoms with Crippen LogP contribution in [0.5, 0.6) is 17.2 Å². The monoisotopic (exact) mass is 1240 g/mol. The molecule has 0 radical (unpaired) electrons. The van der Waals surface area contributed by atoms with E-state index in [9.17, 15) is 19.2 Å². The number of nitrogen functional groups attached to an aromatic ring is 1. The molecule has 2 bridgehead atoms.